The number of pyridine rings is 1. The number of hydrogen-bond donors (Lipinski definition) is 2. The average molecular weight is 418 g/mol. The standard InChI is InChI=1S/C23H23FN6O/c1-25-23(16-7-18(31)8-16)20-13-26-12-19(29-20)14-5-6-15-11-27-30(21(15)9-14)22-4-2-3-17(10-24)28-22/h2-6,9,11-13,16,18,23,25,31H,7-8,10H2,1H3/t16?,18?,23-/m0/s1. The Balaban J connectivity index is 1.52. The van der Waals surface area contributed by atoms with Crippen molar-refractivity contribution in [2.24, 2.45) is 5.92 Å². The van der Waals surface area contributed by atoms with E-state index in [0.29, 0.717) is 17.4 Å². The minimum absolute atomic E-state index is 0.0535. The summed E-state index contributed by atoms with van der Waals surface area (Å²) in [6.45, 7) is -0.620. The number of rotatable bonds is 6. The first-order valence-electron chi connectivity index (χ1n) is 10.3. The molecule has 0 unspecified atom stereocenters. The molecule has 8 heteroatoms. The van der Waals surface area contributed by atoms with Crippen molar-refractivity contribution in [3.05, 3.63) is 66.4 Å². The number of aliphatic hydroxyl groups excluding tert-OH is 1. The summed E-state index contributed by atoms with van der Waals surface area (Å²) in [6.07, 6.45) is 6.62. The quantitative estimate of drug-likeness (QED) is 0.499. The van der Waals surface area contributed by atoms with Gasteiger partial charge < -0.3 is 10.4 Å². The fraction of sp³-hybridized carbons (Fsp3) is 0.304. The van der Waals surface area contributed by atoms with Crippen molar-refractivity contribution in [3.8, 4) is 17.1 Å². The maximum absolute atomic E-state index is 13.1. The van der Waals surface area contributed by atoms with Gasteiger partial charge in [-0.1, -0.05) is 18.2 Å². The minimum Gasteiger partial charge on any atom is -0.393 e. The molecule has 3 aromatic heterocycles. The van der Waals surface area contributed by atoms with Gasteiger partial charge in [-0.25, -0.2) is 19.0 Å². The molecule has 1 aliphatic carbocycles. The molecule has 4 aromatic rings. The summed E-state index contributed by atoms with van der Waals surface area (Å²) < 4.78 is 14.8. The van der Waals surface area contributed by atoms with Gasteiger partial charge in [-0.2, -0.15) is 5.10 Å². The first-order valence-corrected chi connectivity index (χ1v) is 10.3. The second-order valence-corrected chi connectivity index (χ2v) is 7.93. The van der Waals surface area contributed by atoms with Gasteiger partial charge in [-0.15, -0.1) is 0 Å². The van der Waals surface area contributed by atoms with Gasteiger partial charge in [0.15, 0.2) is 5.82 Å². The lowest BCUT2D eigenvalue weighted by atomic mass is 9.76. The molecular formula is C23H23FN6O. The molecule has 0 amide bonds. The fourth-order valence-corrected chi connectivity index (χ4v) is 4.22. The molecule has 7 nitrogen and oxygen atoms in total. The van der Waals surface area contributed by atoms with Gasteiger partial charge >= 0.3 is 0 Å². The Morgan fingerprint density at radius 1 is 1.16 bits per heavy atom. The maximum Gasteiger partial charge on any atom is 0.154 e. The molecule has 0 aliphatic heterocycles. The van der Waals surface area contributed by atoms with E-state index in [0.717, 1.165) is 40.7 Å². The highest BCUT2D eigenvalue weighted by atomic mass is 19.1. The predicted octanol–water partition coefficient (Wildman–Crippen LogP) is 3.38. The molecule has 1 aromatic carbocycles. The monoisotopic (exact) mass is 418 g/mol. The van der Waals surface area contributed by atoms with E-state index in [1.807, 2.05) is 31.3 Å². The van der Waals surface area contributed by atoms with Gasteiger partial charge in [0.25, 0.3) is 0 Å². The lowest BCUT2D eigenvalue weighted by Crippen LogP contribution is -2.38. The highest BCUT2D eigenvalue weighted by molar-refractivity contribution is 5.84. The normalized spacial score (nSPS) is 19.3. The molecule has 1 atom stereocenters. The number of nitrogens with zero attached hydrogens (tertiary/aromatic N) is 5. The summed E-state index contributed by atoms with van der Waals surface area (Å²) in [6, 6.07) is 11.3. The minimum atomic E-state index is -0.620. The van der Waals surface area contributed by atoms with E-state index in [4.69, 9.17) is 4.98 Å². The number of aliphatic hydroxyl groups is 1. The molecule has 1 fully saturated rings. The molecule has 0 saturated heterocycles. The highest BCUT2D eigenvalue weighted by Crippen LogP contribution is 2.37. The predicted molar refractivity (Wildman–Crippen MR) is 115 cm³/mol. The first-order chi connectivity index (χ1) is 15.2. The number of aromatic nitrogens is 5. The second kappa shape index (κ2) is 8.13. The molecule has 1 saturated carbocycles. The Hall–Kier alpha value is -3.23. The van der Waals surface area contributed by atoms with Crippen LogP contribution < -0.4 is 5.32 Å². The molecule has 158 valence electrons. The average Bonchev–Trinajstić information content (AvgIpc) is 3.22. The van der Waals surface area contributed by atoms with Crippen LogP contribution in [-0.4, -0.2) is 43.0 Å². The Morgan fingerprint density at radius 3 is 2.81 bits per heavy atom. The SMILES string of the molecule is CN[C@H](c1cncc(-c2ccc3cnn(-c4cccc(CF)n4)c3c2)n1)C1CC(O)C1. The molecule has 31 heavy (non-hydrogen) atoms. The lowest BCUT2D eigenvalue weighted by molar-refractivity contribution is 0.0247. The zero-order chi connectivity index (χ0) is 21.4. The third-order valence-electron chi connectivity index (χ3n) is 5.92. The van der Waals surface area contributed by atoms with Gasteiger partial charge in [0.05, 0.1) is 53.3 Å². The van der Waals surface area contributed by atoms with Crippen LogP contribution in [0.25, 0.3) is 28.0 Å². The number of fused-ring (bicyclic) bond motifs is 1. The van der Waals surface area contributed by atoms with Crippen molar-refractivity contribution in [1.82, 2.24) is 30.0 Å². The van der Waals surface area contributed by atoms with E-state index in [1.165, 1.54) is 0 Å². The van der Waals surface area contributed by atoms with Crippen LogP contribution in [0.3, 0.4) is 0 Å². The first kappa shape index (κ1) is 19.7. The van der Waals surface area contributed by atoms with Crippen LogP contribution in [0.2, 0.25) is 0 Å². The van der Waals surface area contributed by atoms with Crippen LogP contribution in [0.15, 0.2) is 55.0 Å². The number of hydrogen-bond acceptors (Lipinski definition) is 6. The molecule has 0 radical (unpaired) electrons. The summed E-state index contributed by atoms with van der Waals surface area (Å²) in [5, 5.41) is 18.4. The summed E-state index contributed by atoms with van der Waals surface area (Å²) in [4.78, 5) is 13.6. The lowest BCUT2D eigenvalue weighted by Gasteiger charge is -2.37. The molecule has 0 spiro atoms. The van der Waals surface area contributed by atoms with E-state index in [9.17, 15) is 9.50 Å². The third-order valence-corrected chi connectivity index (χ3v) is 5.92. The van der Waals surface area contributed by atoms with Gasteiger partial charge in [0, 0.05) is 10.9 Å². The second-order valence-electron chi connectivity index (χ2n) is 7.93. The summed E-state index contributed by atoms with van der Waals surface area (Å²) in [5.41, 5.74) is 3.77. The molecular weight excluding hydrogens is 395 g/mol. The van der Waals surface area contributed by atoms with E-state index in [2.05, 4.69) is 20.4 Å². The van der Waals surface area contributed by atoms with Crippen LogP contribution in [0, 0.1) is 5.92 Å². The van der Waals surface area contributed by atoms with Crippen LogP contribution in [0.1, 0.15) is 30.3 Å². The van der Waals surface area contributed by atoms with Crippen molar-refractivity contribution in [2.45, 2.75) is 31.7 Å². The van der Waals surface area contributed by atoms with E-state index < -0.39 is 6.67 Å². The number of alkyl halides is 1. The maximum atomic E-state index is 13.1. The van der Waals surface area contributed by atoms with Gasteiger partial charge in [-0.05, 0) is 44.0 Å². The fourth-order valence-electron chi connectivity index (χ4n) is 4.22. The van der Waals surface area contributed by atoms with Crippen LogP contribution >= 0.6 is 0 Å². The molecule has 2 N–H and O–H groups in total. The molecule has 5 rings (SSSR count). The highest BCUT2D eigenvalue weighted by Gasteiger charge is 2.34. The smallest absolute Gasteiger partial charge is 0.154 e. The van der Waals surface area contributed by atoms with Gasteiger partial charge in [0.2, 0.25) is 0 Å². The summed E-state index contributed by atoms with van der Waals surface area (Å²) >= 11 is 0. The molecule has 0 bridgehead atoms. The Bertz CT molecular complexity index is 1220. The topological polar surface area (TPSA) is 88.8 Å². The van der Waals surface area contributed by atoms with E-state index >= 15 is 0 Å². The van der Waals surface area contributed by atoms with Crippen molar-refractivity contribution >= 4 is 10.9 Å². The molecule has 1 aliphatic rings. The van der Waals surface area contributed by atoms with Crippen LogP contribution in [-0.2, 0) is 6.67 Å². The van der Waals surface area contributed by atoms with Gasteiger partial charge in [0.1, 0.15) is 6.67 Å². The van der Waals surface area contributed by atoms with Crippen molar-refractivity contribution < 1.29 is 9.50 Å². The van der Waals surface area contributed by atoms with Crippen molar-refractivity contribution in [1.29, 1.82) is 0 Å². The number of nitrogens with one attached hydrogen (secondary N) is 1. The molecule has 3 heterocycles. The van der Waals surface area contributed by atoms with Gasteiger partial charge in [-0.3, -0.25) is 4.98 Å². The Labute approximate surface area is 179 Å². The Kier molecular flexibility index (Phi) is 5.17. The van der Waals surface area contributed by atoms with E-state index in [-0.39, 0.29) is 12.1 Å². The van der Waals surface area contributed by atoms with E-state index in [1.54, 1.807) is 35.4 Å². The van der Waals surface area contributed by atoms with Crippen molar-refractivity contribution in [2.75, 3.05) is 7.05 Å². The third kappa shape index (κ3) is 3.68. The largest absolute Gasteiger partial charge is 0.393 e. The zero-order valence-electron chi connectivity index (χ0n) is 17.1. The zero-order valence-corrected chi connectivity index (χ0v) is 17.1. The van der Waals surface area contributed by atoms with Crippen molar-refractivity contribution in [3.63, 3.8) is 0 Å². The number of halogens is 1. The van der Waals surface area contributed by atoms with Crippen LogP contribution in [0.4, 0.5) is 4.39 Å². The summed E-state index contributed by atoms with van der Waals surface area (Å²) in [7, 11) is 1.91. The Morgan fingerprint density at radius 2 is 2.03 bits per heavy atom. The number of benzene rings is 1. The summed E-state index contributed by atoms with van der Waals surface area (Å²) in [5.74, 6) is 0.920. The van der Waals surface area contributed by atoms with Crippen LogP contribution in [0.5, 0.6) is 0 Å².